The summed E-state index contributed by atoms with van der Waals surface area (Å²) in [5.74, 6) is -0.372. The van der Waals surface area contributed by atoms with Crippen molar-refractivity contribution in [2.75, 3.05) is 38.7 Å². The first-order valence-electron chi connectivity index (χ1n) is 9.85. The van der Waals surface area contributed by atoms with Crippen molar-refractivity contribution in [2.24, 2.45) is 0 Å². The second kappa shape index (κ2) is 10.1. The molecule has 2 rings (SSSR count). The van der Waals surface area contributed by atoms with Gasteiger partial charge in [0.25, 0.3) is 0 Å². The molecule has 154 valence electrons. The highest BCUT2D eigenvalue weighted by atomic mass is 16.5. The fraction of sp³-hybridized carbons (Fsp3) is 0.524. The van der Waals surface area contributed by atoms with E-state index in [1.165, 1.54) is 5.56 Å². The van der Waals surface area contributed by atoms with Gasteiger partial charge < -0.3 is 20.3 Å². The number of likely N-dealkylation sites (N-methyl/N-ethyl adjacent to an activating group) is 1. The Morgan fingerprint density at radius 2 is 1.79 bits per heavy atom. The Labute approximate surface area is 167 Å². The Balaban J connectivity index is 2.22. The largest absolute Gasteiger partial charge is 0.463 e. The van der Waals surface area contributed by atoms with Crippen molar-refractivity contribution in [1.82, 2.24) is 15.5 Å². The molecule has 0 unspecified atom stereocenters. The molecule has 1 heterocycles. The second-order valence-electron chi connectivity index (χ2n) is 7.04. The highest BCUT2D eigenvalue weighted by molar-refractivity contribution is 5.94. The minimum absolute atomic E-state index is 0.277. The lowest BCUT2D eigenvalue weighted by Crippen LogP contribution is -2.52. The van der Waals surface area contributed by atoms with Crippen molar-refractivity contribution in [3.05, 3.63) is 41.1 Å². The minimum atomic E-state index is -0.372. The van der Waals surface area contributed by atoms with Crippen molar-refractivity contribution in [3.8, 4) is 0 Å². The molecule has 2 N–H and O–H groups in total. The monoisotopic (exact) mass is 388 g/mol. The van der Waals surface area contributed by atoms with E-state index in [-0.39, 0.29) is 18.0 Å². The van der Waals surface area contributed by atoms with Crippen LogP contribution in [0.2, 0.25) is 0 Å². The molecule has 1 aromatic rings. The zero-order valence-corrected chi connectivity index (χ0v) is 17.5. The molecule has 1 aliphatic rings. The van der Waals surface area contributed by atoms with Crippen LogP contribution in [0.5, 0.6) is 0 Å². The normalized spacial score (nSPS) is 16.6. The fourth-order valence-corrected chi connectivity index (χ4v) is 3.25. The smallest absolute Gasteiger partial charge is 0.337 e. The van der Waals surface area contributed by atoms with Gasteiger partial charge >= 0.3 is 12.0 Å². The lowest BCUT2D eigenvalue weighted by atomic mass is 10.00. The molecule has 1 aromatic carbocycles. The van der Waals surface area contributed by atoms with E-state index in [0.29, 0.717) is 30.8 Å². The highest BCUT2D eigenvalue weighted by Crippen LogP contribution is 2.19. The minimum Gasteiger partial charge on any atom is -0.463 e. The number of ether oxygens (including phenoxy) is 1. The summed E-state index contributed by atoms with van der Waals surface area (Å²) < 4.78 is 5.24. The maximum absolute atomic E-state index is 12.5. The lowest BCUT2D eigenvalue weighted by molar-refractivity contribution is -0.139. The maximum Gasteiger partial charge on any atom is 0.337 e. The van der Waals surface area contributed by atoms with Crippen LogP contribution in [-0.2, 0) is 16.1 Å². The first-order chi connectivity index (χ1) is 13.4. The van der Waals surface area contributed by atoms with Crippen LogP contribution in [0.15, 0.2) is 35.5 Å². The SMILES string of the molecule is CCOC(=O)C1=C(CN(CC)Cc2ccc(N(C)C)cc2)NC(=O)N[C@@H]1CC. The molecule has 0 bridgehead atoms. The molecule has 7 nitrogen and oxygen atoms in total. The van der Waals surface area contributed by atoms with Gasteiger partial charge in [-0.1, -0.05) is 26.0 Å². The van der Waals surface area contributed by atoms with Crippen LogP contribution < -0.4 is 15.5 Å². The van der Waals surface area contributed by atoms with Crippen molar-refractivity contribution in [3.63, 3.8) is 0 Å². The standard InChI is InChI=1S/C21H32N4O3/c1-6-17-19(20(26)28-8-3)18(23-21(27)22-17)14-25(7-2)13-15-9-11-16(12-10-15)24(4)5/h9-12,17H,6-8,13-14H2,1-5H3,(H2,22,23,27)/t17-/m1/s1. The van der Waals surface area contributed by atoms with Gasteiger partial charge in [0.15, 0.2) is 0 Å². The molecule has 0 saturated heterocycles. The molecule has 0 radical (unpaired) electrons. The Hall–Kier alpha value is -2.54. The number of carbonyl (C=O) groups excluding carboxylic acids is 2. The van der Waals surface area contributed by atoms with Gasteiger partial charge in [-0.3, -0.25) is 4.90 Å². The molecule has 0 spiro atoms. The number of benzene rings is 1. The average Bonchev–Trinajstić information content (AvgIpc) is 2.67. The molecule has 2 amide bonds. The molecule has 0 aromatic heterocycles. The van der Waals surface area contributed by atoms with E-state index in [9.17, 15) is 9.59 Å². The molecule has 1 aliphatic heterocycles. The Kier molecular flexibility index (Phi) is 7.87. The number of hydrogen-bond acceptors (Lipinski definition) is 5. The Bertz CT molecular complexity index is 713. The summed E-state index contributed by atoms with van der Waals surface area (Å²) >= 11 is 0. The number of carbonyl (C=O) groups is 2. The summed E-state index contributed by atoms with van der Waals surface area (Å²) in [5, 5.41) is 5.64. The van der Waals surface area contributed by atoms with Crippen molar-refractivity contribution >= 4 is 17.7 Å². The molecule has 0 aliphatic carbocycles. The summed E-state index contributed by atoms with van der Waals surface area (Å²) in [4.78, 5) is 28.8. The predicted molar refractivity (Wildman–Crippen MR) is 111 cm³/mol. The number of anilines is 1. The van der Waals surface area contributed by atoms with E-state index in [0.717, 1.165) is 18.8 Å². The third-order valence-corrected chi connectivity index (χ3v) is 4.83. The molecule has 28 heavy (non-hydrogen) atoms. The van der Waals surface area contributed by atoms with Crippen LogP contribution in [0.25, 0.3) is 0 Å². The summed E-state index contributed by atoms with van der Waals surface area (Å²) in [6.45, 7) is 8.08. The van der Waals surface area contributed by atoms with E-state index >= 15 is 0 Å². The van der Waals surface area contributed by atoms with E-state index in [1.54, 1.807) is 6.92 Å². The van der Waals surface area contributed by atoms with Gasteiger partial charge in [0.05, 0.1) is 18.2 Å². The van der Waals surface area contributed by atoms with E-state index in [2.05, 4.69) is 51.6 Å². The summed E-state index contributed by atoms with van der Waals surface area (Å²) in [7, 11) is 4.03. The van der Waals surface area contributed by atoms with Crippen molar-refractivity contribution in [2.45, 2.75) is 39.8 Å². The molecule has 0 saturated carbocycles. The zero-order chi connectivity index (χ0) is 20.7. The first-order valence-corrected chi connectivity index (χ1v) is 9.85. The van der Waals surface area contributed by atoms with E-state index in [4.69, 9.17) is 4.74 Å². The molecule has 1 atom stereocenters. The third-order valence-electron chi connectivity index (χ3n) is 4.83. The zero-order valence-electron chi connectivity index (χ0n) is 17.5. The van der Waals surface area contributed by atoms with Gasteiger partial charge in [-0.05, 0) is 37.6 Å². The highest BCUT2D eigenvalue weighted by Gasteiger charge is 2.32. The predicted octanol–water partition coefficient (Wildman–Crippen LogP) is 2.48. The number of urea groups is 1. The number of nitrogens with zero attached hydrogens (tertiary/aromatic N) is 2. The van der Waals surface area contributed by atoms with Crippen LogP contribution in [0, 0.1) is 0 Å². The Morgan fingerprint density at radius 3 is 2.32 bits per heavy atom. The lowest BCUT2D eigenvalue weighted by Gasteiger charge is -2.31. The van der Waals surface area contributed by atoms with Crippen LogP contribution in [0.4, 0.5) is 10.5 Å². The molecular formula is C21H32N4O3. The number of nitrogens with one attached hydrogen (secondary N) is 2. The summed E-state index contributed by atoms with van der Waals surface area (Å²) in [6, 6.07) is 7.78. The number of hydrogen-bond donors (Lipinski definition) is 2. The quantitative estimate of drug-likeness (QED) is 0.636. The Morgan fingerprint density at radius 1 is 1.11 bits per heavy atom. The van der Waals surface area contributed by atoms with Gasteiger partial charge in [0, 0.05) is 38.6 Å². The van der Waals surface area contributed by atoms with Gasteiger partial charge in [-0.2, -0.15) is 0 Å². The van der Waals surface area contributed by atoms with Gasteiger partial charge in [0.1, 0.15) is 0 Å². The molecular weight excluding hydrogens is 356 g/mol. The van der Waals surface area contributed by atoms with Crippen molar-refractivity contribution < 1.29 is 14.3 Å². The van der Waals surface area contributed by atoms with Crippen LogP contribution in [-0.4, -0.2) is 56.7 Å². The summed E-state index contributed by atoms with van der Waals surface area (Å²) in [6.07, 6.45) is 0.628. The van der Waals surface area contributed by atoms with Gasteiger partial charge in [-0.25, -0.2) is 9.59 Å². The average molecular weight is 389 g/mol. The van der Waals surface area contributed by atoms with Crippen LogP contribution in [0.3, 0.4) is 0 Å². The van der Waals surface area contributed by atoms with Gasteiger partial charge in [-0.15, -0.1) is 0 Å². The summed E-state index contributed by atoms with van der Waals surface area (Å²) in [5.41, 5.74) is 3.47. The fourth-order valence-electron chi connectivity index (χ4n) is 3.25. The molecule has 7 heteroatoms. The third kappa shape index (κ3) is 5.48. The maximum atomic E-state index is 12.5. The van der Waals surface area contributed by atoms with Crippen LogP contribution >= 0.6 is 0 Å². The number of rotatable bonds is 9. The molecule has 0 fully saturated rings. The van der Waals surface area contributed by atoms with E-state index < -0.39 is 0 Å². The second-order valence-corrected chi connectivity index (χ2v) is 7.04. The first kappa shape index (κ1) is 21.8. The number of amides is 2. The van der Waals surface area contributed by atoms with E-state index in [1.807, 2.05) is 21.0 Å². The van der Waals surface area contributed by atoms with Gasteiger partial charge in [0.2, 0.25) is 0 Å². The number of esters is 1. The van der Waals surface area contributed by atoms with Crippen molar-refractivity contribution in [1.29, 1.82) is 0 Å². The van der Waals surface area contributed by atoms with Crippen LogP contribution in [0.1, 0.15) is 32.8 Å². The topological polar surface area (TPSA) is 73.9 Å².